The van der Waals surface area contributed by atoms with Crippen molar-refractivity contribution >= 4 is 25.4 Å². The van der Waals surface area contributed by atoms with Crippen molar-refractivity contribution in [2.45, 2.75) is 128 Å². The fourth-order valence-corrected chi connectivity index (χ4v) is 12.2. The van der Waals surface area contributed by atoms with Gasteiger partial charge in [-0.3, -0.25) is 19.2 Å². The van der Waals surface area contributed by atoms with Crippen LogP contribution in [0.5, 0.6) is 0 Å². The molecule has 0 amide bonds. The third kappa shape index (κ3) is 5.07. The lowest BCUT2D eigenvalue weighted by atomic mass is 9.43. The zero-order valence-corrected chi connectivity index (χ0v) is 26.9. The van der Waals surface area contributed by atoms with Crippen molar-refractivity contribution in [1.82, 2.24) is 0 Å². The number of rotatable bonds is 12. The SMILES string of the molecule is CO[C@]1(OC(=O)CC[C@@H](C)[C@H]2CC[C@H]3[C@@H]4[C@H](OC=O)C[C@@H]5C[C@H](OC=O)CC[C@]5(C)[C@H]4C[C@H](OC=O)[C@]23C)C[C@@H]2CC[C@H]1C2. The summed E-state index contributed by atoms with van der Waals surface area (Å²) >= 11 is 0. The standard InChI is InChI=1S/C35H52O9/c1-21(5-10-31(39)44-35(40-4)17-22-6-7-23(35)13-22)26-8-9-27-32-28(16-30(43-20-38)34(26,27)3)33(2)12-11-25(41-18-36)14-24(33)15-29(32)42-19-37/h18-30,32H,5-17H2,1-4H3/t21-,22-,23+,24+,25-,26-,27+,28+,29-,30+,32+,33+,34-,35+/m1/s1. The lowest BCUT2D eigenvalue weighted by Crippen LogP contribution is -2.63. The Labute approximate surface area is 261 Å². The fraction of sp³-hybridized carbons (Fsp3) is 0.886. The van der Waals surface area contributed by atoms with E-state index in [4.69, 9.17) is 23.7 Å². The largest absolute Gasteiger partial charge is 0.465 e. The van der Waals surface area contributed by atoms with E-state index in [0.29, 0.717) is 44.1 Å². The van der Waals surface area contributed by atoms with E-state index in [9.17, 15) is 19.2 Å². The fourth-order valence-electron chi connectivity index (χ4n) is 12.2. The smallest absolute Gasteiger partial charge is 0.308 e. The van der Waals surface area contributed by atoms with Crippen molar-refractivity contribution in [1.29, 1.82) is 0 Å². The van der Waals surface area contributed by atoms with Crippen LogP contribution in [0.4, 0.5) is 0 Å². The maximum absolute atomic E-state index is 13.2. The summed E-state index contributed by atoms with van der Waals surface area (Å²) in [4.78, 5) is 48.1. The second-order valence-electron chi connectivity index (χ2n) is 15.7. The molecule has 0 aromatic rings. The second-order valence-corrected chi connectivity index (χ2v) is 15.7. The average Bonchev–Trinajstić information content (AvgIpc) is 3.71. The van der Waals surface area contributed by atoms with Gasteiger partial charge in [-0.1, -0.05) is 20.8 Å². The summed E-state index contributed by atoms with van der Waals surface area (Å²) in [6.07, 6.45) is 10.6. The number of esters is 1. The van der Waals surface area contributed by atoms with Crippen LogP contribution in [0.1, 0.15) is 104 Å². The molecule has 6 aliphatic carbocycles. The van der Waals surface area contributed by atoms with Crippen molar-refractivity contribution in [3.05, 3.63) is 0 Å². The molecule has 2 bridgehead atoms. The Bertz CT molecular complexity index is 1100. The number of ether oxygens (including phenoxy) is 5. The van der Waals surface area contributed by atoms with E-state index in [-0.39, 0.29) is 70.6 Å². The van der Waals surface area contributed by atoms with Gasteiger partial charge in [0.15, 0.2) is 0 Å². The van der Waals surface area contributed by atoms with Gasteiger partial charge in [0.2, 0.25) is 5.79 Å². The van der Waals surface area contributed by atoms with Gasteiger partial charge >= 0.3 is 5.97 Å². The molecule has 246 valence electrons. The molecule has 9 nitrogen and oxygen atoms in total. The normalized spacial score (nSPS) is 47.8. The van der Waals surface area contributed by atoms with Gasteiger partial charge in [-0.15, -0.1) is 0 Å². The van der Waals surface area contributed by atoms with Crippen LogP contribution in [0.15, 0.2) is 0 Å². The van der Waals surface area contributed by atoms with Gasteiger partial charge in [-0.25, -0.2) is 0 Å². The Kier molecular flexibility index (Phi) is 8.83. The van der Waals surface area contributed by atoms with E-state index >= 15 is 0 Å². The molecule has 0 aromatic carbocycles. The molecular formula is C35H52O9. The first-order valence-corrected chi connectivity index (χ1v) is 17.2. The van der Waals surface area contributed by atoms with Gasteiger partial charge in [-0.05, 0) is 112 Å². The molecule has 44 heavy (non-hydrogen) atoms. The summed E-state index contributed by atoms with van der Waals surface area (Å²) in [6, 6.07) is 0. The Hall–Kier alpha value is -2.16. The monoisotopic (exact) mass is 616 g/mol. The first-order valence-electron chi connectivity index (χ1n) is 17.2. The molecule has 6 rings (SSSR count). The first-order chi connectivity index (χ1) is 21.1. The number of hydrogen-bond donors (Lipinski definition) is 0. The van der Waals surface area contributed by atoms with E-state index in [1.54, 1.807) is 7.11 Å². The Morgan fingerprint density at radius 3 is 2.30 bits per heavy atom. The quantitative estimate of drug-likeness (QED) is 0.119. The molecule has 0 saturated heterocycles. The van der Waals surface area contributed by atoms with Crippen LogP contribution < -0.4 is 0 Å². The van der Waals surface area contributed by atoms with Gasteiger partial charge < -0.3 is 23.7 Å². The van der Waals surface area contributed by atoms with Crippen LogP contribution in [0.2, 0.25) is 0 Å². The molecule has 0 aromatic heterocycles. The summed E-state index contributed by atoms with van der Waals surface area (Å²) in [5.74, 6) is 1.30. The summed E-state index contributed by atoms with van der Waals surface area (Å²) in [6.45, 7) is 8.62. The Morgan fingerprint density at radius 2 is 1.64 bits per heavy atom. The van der Waals surface area contributed by atoms with E-state index in [1.165, 1.54) is 6.42 Å². The van der Waals surface area contributed by atoms with Gasteiger partial charge in [0.25, 0.3) is 19.4 Å². The number of carbonyl (C=O) groups is 4. The van der Waals surface area contributed by atoms with E-state index in [0.717, 1.165) is 64.2 Å². The summed E-state index contributed by atoms with van der Waals surface area (Å²) in [7, 11) is 1.67. The van der Waals surface area contributed by atoms with E-state index < -0.39 is 5.79 Å². The molecule has 14 atom stereocenters. The first kappa shape index (κ1) is 31.8. The Balaban J connectivity index is 1.19. The van der Waals surface area contributed by atoms with Crippen LogP contribution in [0.25, 0.3) is 0 Å². The third-order valence-electron chi connectivity index (χ3n) is 14.3. The van der Waals surface area contributed by atoms with Crippen LogP contribution in [0, 0.1) is 58.2 Å². The van der Waals surface area contributed by atoms with Gasteiger partial charge in [0.05, 0.1) is 0 Å². The van der Waals surface area contributed by atoms with Crippen molar-refractivity contribution < 1.29 is 42.9 Å². The third-order valence-corrected chi connectivity index (χ3v) is 14.3. The maximum Gasteiger partial charge on any atom is 0.308 e. The highest BCUT2D eigenvalue weighted by atomic mass is 16.7. The van der Waals surface area contributed by atoms with Crippen LogP contribution >= 0.6 is 0 Å². The van der Waals surface area contributed by atoms with Gasteiger partial charge in [0.1, 0.15) is 18.3 Å². The molecular weight excluding hydrogens is 564 g/mol. The van der Waals surface area contributed by atoms with Crippen molar-refractivity contribution in [3.8, 4) is 0 Å². The minimum atomic E-state index is -0.754. The maximum atomic E-state index is 13.2. The number of carbonyl (C=O) groups excluding carboxylic acids is 4. The van der Waals surface area contributed by atoms with E-state index in [2.05, 4.69) is 20.8 Å². The zero-order chi connectivity index (χ0) is 31.3. The summed E-state index contributed by atoms with van der Waals surface area (Å²) in [5.41, 5.74) is -0.318. The minimum Gasteiger partial charge on any atom is -0.465 e. The lowest BCUT2D eigenvalue weighted by molar-refractivity contribution is -0.242. The van der Waals surface area contributed by atoms with E-state index in [1.807, 2.05) is 0 Å². The lowest BCUT2D eigenvalue weighted by Gasteiger charge is -2.64. The molecule has 9 heteroatoms. The highest BCUT2D eigenvalue weighted by Gasteiger charge is 2.67. The van der Waals surface area contributed by atoms with Gasteiger partial charge in [-0.2, -0.15) is 0 Å². The second kappa shape index (κ2) is 12.2. The molecule has 0 aliphatic heterocycles. The van der Waals surface area contributed by atoms with Gasteiger partial charge in [0, 0.05) is 37.2 Å². The minimum absolute atomic E-state index is 0.0214. The summed E-state index contributed by atoms with van der Waals surface area (Å²) < 4.78 is 29.2. The Morgan fingerprint density at radius 1 is 0.864 bits per heavy atom. The zero-order valence-electron chi connectivity index (χ0n) is 26.9. The highest BCUT2D eigenvalue weighted by Crippen LogP contribution is 2.69. The number of hydrogen-bond acceptors (Lipinski definition) is 9. The van der Waals surface area contributed by atoms with Crippen LogP contribution in [-0.4, -0.2) is 56.6 Å². The predicted molar refractivity (Wildman–Crippen MR) is 158 cm³/mol. The van der Waals surface area contributed by atoms with Crippen LogP contribution in [0.3, 0.4) is 0 Å². The molecule has 6 aliphatic rings. The summed E-state index contributed by atoms with van der Waals surface area (Å²) in [5, 5.41) is 0. The molecule has 0 spiro atoms. The number of methoxy groups -OCH3 is 1. The molecule has 0 radical (unpaired) electrons. The molecule has 0 N–H and O–H groups in total. The predicted octanol–water partition coefficient (Wildman–Crippen LogP) is 5.61. The highest BCUT2D eigenvalue weighted by molar-refractivity contribution is 5.69. The number of fused-ring (bicyclic) bond motifs is 7. The topological polar surface area (TPSA) is 114 Å². The average molecular weight is 617 g/mol. The molecule has 0 heterocycles. The molecule has 6 saturated carbocycles. The molecule has 6 fully saturated rings. The van der Waals surface area contributed by atoms with Crippen molar-refractivity contribution in [2.24, 2.45) is 58.2 Å². The van der Waals surface area contributed by atoms with Crippen molar-refractivity contribution in [2.75, 3.05) is 7.11 Å². The van der Waals surface area contributed by atoms with Crippen LogP contribution in [-0.2, 0) is 42.9 Å². The molecule has 0 unspecified atom stereocenters. The van der Waals surface area contributed by atoms with Crippen molar-refractivity contribution in [3.63, 3.8) is 0 Å².